The zero-order valence-electron chi connectivity index (χ0n) is 10.5. The average Bonchev–Trinajstić information content (AvgIpc) is 2.00. The fourth-order valence-electron chi connectivity index (χ4n) is 0.563. The smallest absolute Gasteiger partial charge is 0.179 e. The molecule has 0 bridgehead atoms. The molecular weight excluding hydrogens is 190 g/mol. The van der Waals surface area contributed by atoms with Crippen LogP contribution >= 0.6 is 0 Å². The minimum atomic E-state index is -0.422. The van der Waals surface area contributed by atoms with Crippen LogP contribution in [0.25, 0.3) is 0 Å². The highest BCUT2D eigenvalue weighted by Crippen LogP contribution is 2.22. The van der Waals surface area contributed by atoms with Gasteiger partial charge in [-0.1, -0.05) is 41.5 Å². The van der Waals surface area contributed by atoms with Gasteiger partial charge in [-0.05, 0) is 0 Å². The molecule has 0 radical (unpaired) electrons. The lowest BCUT2D eigenvalue weighted by Gasteiger charge is -2.16. The van der Waals surface area contributed by atoms with E-state index >= 15 is 0 Å². The van der Waals surface area contributed by atoms with Gasteiger partial charge in [0.05, 0.1) is 12.4 Å². The molecule has 0 saturated heterocycles. The molecule has 0 aliphatic carbocycles. The summed E-state index contributed by atoms with van der Waals surface area (Å²) in [6, 6.07) is 0. The molecule has 0 aromatic rings. The maximum absolute atomic E-state index is 11.4. The Morgan fingerprint density at radius 1 is 1.07 bits per heavy atom. The van der Waals surface area contributed by atoms with Gasteiger partial charge in [0.25, 0.3) is 0 Å². The number of rotatable bonds is 2. The van der Waals surface area contributed by atoms with E-state index in [1.807, 2.05) is 41.5 Å². The molecule has 0 aliphatic rings. The van der Waals surface area contributed by atoms with Crippen LogP contribution in [0, 0.1) is 10.8 Å². The molecular formula is C12H21NO2. The highest BCUT2D eigenvalue weighted by atomic mass is 16.3. The van der Waals surface area contributed by atoms with Crippen molar-refractivity contribution in [3.8, 4) is 0 Å². The first-order valence-electron chi connectivity index (χ1n) is 5.02. The van der Waals surface area contributed by atoms with E-state index in [-0.39, 0.29) is 17.0 Å². The second-order valence-corrected chi connectivity index (χ2v) is 5.66. The first-order chi connectivity index (χ1) is 6.55. The van der Waals surface area contributed by atoms with Crippen molar-refractivity contribution in [1.82, 2.24) is 0 Å². The standard InChI is InChI=1S/C12H21NO2/c1-11(2,3)9(14)7-13-8-10(15)12(4,5)6/h7-8,14H,1-6H3/b9-7-,13-8?. The number of aliphatic hydroxyl groups excluding tert-OH is 1. The third kappa shape index (κ3) is 5.35. The van der Waals surface area contributed by atoms with E-state index in [1.54, 1.807) is 0 Å². The number of hydrogen-bond donors (Lipinski definition) is 1. The predicted molar refractivity (Wildman–Crippen MR) is 63.1 cm³/mol. The van der Waals surface area contributed by atoms with E-state index in [4.69, 9.17) is 0 Å². The Hall–Kier alpha value is -1.12. The molecule has 3 nitrogen and oxygen atoms in total. The molecule has 0 fully saturated rings. The number of ketones is 1. The summed E-state index contributed by atoms with van der Waals surface area (Å²) in [6.07, 6.45) is 2.58. The Morgan fingerprint density at radius 2 is 1.53 bits per heavy atom. The molecule has 0 aliphatic heterocycles. The lowest BCUT2D eigenvalue weighted by Crippen LogP contribution is -2.20. The molecule has 0 heterocycles. The molecule has 1 N–H and O–H groups in total. The highest BCUT2D eigenvalue weighted by Gasteiger charge is 2.19. The van der Waals surface area contributed by atoms with Crippen LogP contribution in [-0.2, 0) is 4.79 Å². The molecule has 0 amide bonds. The zero-order chi connectivity index (χ0) is 12.3. The quantitative estimate of drug-likeness (QED) is 0.563. The van der Waals surface area contributed by atoms with Crippen molar-refractivity contribution in [3.63, 3.8) is 0 Å². The molecule has 15 heavy (non-hydrogen) atoms. The van der Waals surface area contributed by atoms with Crippen LogP contribution in [0.1, 0.15) is 41.5 Å². The van der Waals surface area contributed by atoms with Crippen LogP contribution in [0.5, 0.6) is 0 Å². The minimum absolute atomic E-state index is 0.0551. The maximum atomic E-state index is 11.4. The number of allylic oxidation sites excluding steroid dienone is 1. The summed E-state index contributed by atoms with van der Waals surface area (Å²) >= 11 is 0. The lowest BCUT2D eigenvalue weighted by atomic mass is 9.91. The van der Waals surface area contributed by atoms with Crippen molar-refractivity contribution in [2.45, 2.75) is 41.5 Å². The van der Waals surface area contributed by atoms with Gasteiger partial charge in [-0.15, -0.1) is 0 Å². The fourth-order valence-corrected chi connectivity index (χ4v) is 0.563. The van der Waals surface area contributed by atoms with Crippen LogP contribution in [0.2, 0.25) is 0 Å². The predicted octanol–water partition coefficient (Wildman–Crippen LogP) is 3.12. The third-order valence-electron chi connectivity index (χ3n) is 1.90. The Bertz CT molecular complexity index is 288. The summed E-state index contributed by atoms with van der Waals surface area (Å²) in [5.41, 5.74) is -0.753. The molecule has 3 heteroatoms. The summed E-state index contributed by atoms with van der Waals surface area (Å²) in [7, 11) is 0. The van der Waals surface area contributed by atoms with Gasteiger partial charge in [0, 0.05) is 10.8 Å². The van der Waals surface area contributed by atoms with Crippen molar-refractivity contribution < 1.29 is 9.90 Å². The van der Waals surface area contributed by atoms with Crippen molar-refractivity contribution in [2.24, 2.45) is 15.8 Å². The van der Waals surface area contributed by atoms with E-state index in [0.717, 1.165) is 0 Å². The van der Waals surface area contributed by atoms with Crippen LogP contribution in [-0.4, -0.2) is 17.1 Å². The van der Waals surface area contributed by atoms with E-state index in [2.05, 4.69) is 4.99 Å². The Labute approximate surface area is 91.9 Å². The van der Waals surface area contributed by atoms with E-state index < -0.39 is 5.41 Å². The van der Waals surface area contributed by atoms with Crippen LogP contribution in [0.3, 0.4) is 0 Å². The maximum Gasteiger partial charge on any atom is 0.179 e. The van der Waals surface area contributed by atoms with Gasteiger partial charge < -0.3 is 5.11 Å². The van der Waals surface area contributed by atoms with Crippen LogP contribution < -0.4 is 0 Å². The fraction of sp³-hybridized carbons (Fsp3) is 0.667. The summed E-state index contributed by atoms with van der Waals surface area (Å²) in [6.45, 7) is 11.1. The summed E-state index contributed by atoms with van der Waals surface area (Å²) in [4.78, 5) is 15.3. The number of aliphatic imine (C=N–C) groups is 1. The molecule has 0 atom stereocenters. The Balaban J connectivity index is 4.53. The summed E-state index contributed by atoms with van der Waals surface area (Å²) < 4.78 is 0. The SMILES string of the molecule is CC(C)(C)C(=O)C=N/C=C(\O)C(C)(C)C. The van der Waals surface area contributed by atoms with Crippen LogP contribution in [0.4, 0.5) is 0 Å². The first kappa shape index (κ1) is 13.9. The van der Waals surface area contributed by atoms with Gasteiger partial charge >= 0.3 is 0 Å². The highest BCUT2D eigenvalue weighted by molar-refractivity contribution is 6.29. The monoisotopic (exact) mass is 211 g/mol. The number of carbonyl (C=O) groups is 1. The molecule has 0 aromatic heterocycles. The molecule has 0 rings (SSSR count). The Morgan fingerprint density at radius 3 is 1.87 bits per heavy atom. The van der Waals surface area contributed by atoms with Crippen molar-refractivity contribution in [1.29, 1.82) is 0 Å². The molecule has 0 unspecified atom stereocenters. The lowest BCUT2D eigenvalue weighted by molar-refractivity contribution is -0.119. The van der Waals surface area contributed by atoms with Gasteiger partial charge in [0.15, 0.2) is 5.78 Å². The number of aliphatic hydroxyl groups is 1. The average molecular weight is 211 g/mol. The van der Waals surface area contributed by atoms with Gasteiger partial charge in [-0.2, -0.15) is 0 Å². The van der Waals surface area contributed by atoms with Crippen molar-refractivity contribution in [2.75, 3.05) is 0 Å². The van der Waals surface area contributed by atoms with Gasteiger partial charge in [-0.3, -0.25) is 9.79 Å². The number of carbonyl (C=O) groups excluding carboxylic acids is 1. The molecule has 86 valence electrons. The molecule has 0 spiro atoms. The van der Waals surface area contributed by atoms with Crippen molar-refractivity contribution >= 4 is 12.0 Å². The largest absolute Gasteiger partial charge is 0.510 e. The van der Waals surface area contributed by atoms with Gasteiger partial charge in [0.1, 0.15) is 5.76 Å². The summed E-state index contributed by atoms with van der Waals surface area (Å²) in [5.74, 6) is 0.112. The van der Waals surface area contributed by atoms with E-state index in [9.17, 15) is 9.90 Å². The topological polar surface area (TPSA) is 49.7 Å². The second-order valence-electron chi connectivity index (χ2n) is 5.66. The summed E-state index contributed by atoms with van der Waals surface area (Å²) in [5, 5.41) is 9.54. The van der Waals surface area contributed by atoms with E-state index in [1.165, 1.54) is 12.4 Å². The zero-order valence-corrected chi connectivity index (χ0v) is 10.5. The third-order valence-corrected chi connectivity index (χ3v) is 1.90. The molecule has 0 aromatic carbocycles. The minimum Gasteiger partial charge on any atom is -0.510 e. The number of nitrogens with zero attached hydrogens (tertiary/aromatic N) is 1. The Kier molecular flexibility index (Phi) is 4.26. The van der Waals surface area contributed by atoms with Crippen molar-refractivity contribution in [3.05, 3.63) is 12.0 Å². The van der Waals surface area contributed by atoms with Crippen LogP contribution in [0.15, 0.2) is 17.0 Å². The first-order valence-corrected chi connectivity index (χ1v) is 5.02. The van der Waals surface area contributed by atoms with Gasteiger partial charge in [-0.25, -0.2) is 0 Å². The second kappa shape index (κ2) is 4.60. The van der Waals surface area contributed by atoms with E-state index in [0.29, 0.717) is 0 Å². The molecule has 0 saturated carbocycles. The number of Topliss-reactive ketones (excluding diaryl/α,β-unsaturated/α-hetero) is 1. The number of hydrogen-bond acceptors (Lipinski definition) is 3. The normalized spacial score (nSPS) is 14.7. The van der Waals surface area contributed by atoms with Gasteiger partial charge in [0.2, 0.25) is 0 Å².